The van der Waals surface area contributed by atoms with Crippen LogP contribution in [-0.2, 0) is 6.54 Å². The molecule has 2 saturated heterocycles. The van der Waals surface area contributed by atoms with Crippen LogP contribution in [0.5, 0.6) is 0 Å². The van der Waals surface area contributed by atoms with Crippen LogP contribution in [-0.4, -0.2) is 28.1 Å². The van der Waals surface area contributed by atoms with Gasteiger partial charge in [-0.3, -0.25) is 4.90 Å². The molecule has 0 spiro atoms. The first-order valence-electron chi connectivity index (χ1n) is 9.29. The van der Waals surface area contributed by atoms with Gasteiger partial charge in [0.2, 0.25) is 0 Å². The van der Waals surface area contributed by atoms with E-state index in [9.17, 15) is 0 Å². The molecule has 2 N–H and O–H groups in total. The van der Waals surface area contributed by atoms with Crippen molar-refractivity contribution in [1.29, 1.82) is 0 Å². The van der Waals surface area contributed by atoms with E-state index < -0.39 is 0 Å². The van der Waals surface area contributed by atoms with Gasteiger partial charge in [0.1, 0.15) is 5.76 Å². The van der Waals surface area contributed by atoms with Gasteiger partial charge in [-0.2, -0.15) is 0 Å². The fourth-order valence-electron chi connectivity index (χ4n) is 4.34. The topological polar surface area (TPSA) is 40.4 Å². The molecule has 1 aromatic carbocycles. The Kier molecular flexibility index (Phi) is 5.48. The Morgan fingerprint density at radius 1 is 1.15 bits per heavy atom. The van der Waals surface area contributed by atoms with Gasteiger partial charge in [0.05, 0.1) is 23.5 Å². The number of halogens is 1. The monoisotopic (exact) mass is 389 g/mol. The number of rotatable bonds is 4. The van der Waals surface area contributed by atoms with E-state index in [2.05, 4.69) is 21.6 Å². The van der Waals surface area contributed by atoms with Crippen molar-refractivity contribution in [3.8, 4) is 0 Å². The quantitative estimate of drug-likeness (QED) is 0.734. The zero-order valence-corrected chi connectivity index (χ0v) is 16.2. The van der Waals surface area contributed by atoms with Crippen molar-refractivity contribution in [2.75, 3.05) is 5.32 Å². The first-order chi connectivity index (χ1) is 12.7. The molecule has 0 radical (unpaired) electrons. The predicted molar refractivity (Wildman–Crippen MR) is 110 cm³/mol. The van der Waals surface area contributed by atoms with Gasteiger partial charge in [-0.05, 0) is 62.2 Å². The van der Waals surface area contributed by atoms with Crippen LogP contribution in [0.1, 0.15) is 37.9 Å². The third-order valence-electron chi connectivity index (χ3n) is 5.50. The van der Waals surface area contributed by atoms with E-state index in [-0.39, 0.29) is 0 Å². The zero-order valence-electron chi connectivity index (χ0n) is 14.7. The molecule has 26 heavy (non-hydrogen) atoms. The fraction of sp³-hybridized carbons (Fsp3) is 0.450. The fourth-order valence-corrected chi connectivity index (χ4v) is 4.80. The van der Waals surface area contributed by atoms with E-state index in [1.807, 2.05) is 30.3 Å². The van der Waals surface area contributed by atoms with Crippen LogP contribution in [0.25, 0.3) is 0 Å². The summed E-state index contributed by atoms with van der Waals surface area (Å²) in [6, 6.07) is 13.3. The van der Waals surface area contributed by atoms with Crippen molar-refractivity contribution < 1.29 is 4.42 Å². The van der Waals surface area contributed by atoms with Crippen molar-refractivity contribution >= 4 is 34.6 Å². The van der Waals surface area contributed by atoms with E-state index in [1.54, 1.807) is 6.26 Å². The second-order valence-electron chi connectivity index (χ2n) is 7.24. The van der Waals surface area contributed by atoms with Crippen LogP contribution in [0.3, 0.4) is 0 Å². The third-order valence-corrected chi connectivity index (χ3v) is 6.05. The highest BCUT2D eigenvalue weighted by Gasteiger charge is 2.38. The number of furan rings is 1. The molecule has 4 rings (SSSR count). The number of anilines is 1. The van der Waals surface area contributed by atoms with Crippen molar-refractivity contribution in [2.24, 2.45) is 0 Å². The Labute approximate surface area is 164 Å². The lowest BCUT2D eigenvalue weighted by Crippen LogP contribution is -2.56. The average Bonchev–Trinajstić information content (AvgIpc) is 3.11. The first kappa shape index (κ1) is 17.8. The summed E-state index contributed by atoms with van der Waals surface area (Å²) in [5.74, 6) is 1.06. The van der Waals surface area contributed by atoms with Gasteiger partial charge in [0, 0.05) is 18.1 Å². The summed E-state index contributed by atoms with van der Waals surface area (Å²) in [5, 5.41) is 8.08. The number of hydrogen-bond donors (Lipinski definition) is 2. The minimum atomic E-state index is 0.403. The largest absolute Gasteiger partial charge is 0.468 e. The average molecular weight is 390 g/mol. The van der Waals surface area contributed by atoms with Gasteiger partial charge in [-0.15, -0.1) is 0 Å². The third kappa shape index (κ3) is 4.05. The molecule has 0 saturated carbocycles. The Bertz CT molecular complexity index is 737. The van der Waals surface area contributed by atoms with E-state index >= 15 is 0 Å². The Morgan fingerprint density at radius 3 is 2.62 bits per heavy atom. The van der Waals surface area contributed by atoms with Crippen LogP contribution in [0.2, 0.25) is 5.02 Å². The number of piperidine rings is 2. The molecule has 2 aliphatic rings. The molecule has 138 valence electrons. The molecular formula is C20H24ClN3OS. The lowest BCUT2D eigenvalue weighted by Gasteiger charge is -2.48. The highest BCUT2D eigenvalue weighted by atomic mass is 35.5. The van der Waals surface area contributed by atoms with Gasteiger partial charge >= 0.3 is 0 Å². The van der Waals surface area contributed by atoms with Crippen molar-refractivity contribution in [3.63, 3.8) is 0 Å². The summed E-state index contributed by atoms with van der Waals surface area (Å²) in [6.07, 6.45) is 7.81. The highest BCUT2D eigenvalue weighted by molar-refractivity contribution is 7.80. The first-order valence-corrected chi connectivity index (χ1v) is 10.1. The summed E-state index contributed by atoms with van der Waals surface area (Å²) in [5.41, 5.74) is 0.849. The summed E-state index contributed by atoms with van der Waals surface area (Å²) in [4.78, 5) is 2.63. The van der Waals surface area contributed by atoms with Gasteiger partial charge in [-0.1, -0.05) is 30.2 Å². The lowest BCUT2D eigenvalue weighted by atomic mass is 9.81. The number of thiocarbonyl (C=S) groups is 1. The SMILES string of the molecule is S=C(Nc1ccccc1Cl)NC1C[C@@H]2CCC[C@@H](C1)N2Cc1ccco1. The van der Waals surface area contributed by atoms with Crippen molar-refractivity contribution in [1.82, 2.24) is 10.2 Å². The van der Waals surface area contributed by atoms with Crippen LogP contribution < -0.4 is 10.6 Å². The number of fused-ring (bicyclic) bond motifs is 2. The summed E-state index contributed by atoms with van der Waals surface area (Å²) in [7, 11) is 0. The maximum absolute atomic E-state index is 6.21. The molecule has 1 aromatic heterocycles. The molecule has 0 amide bonds. The van der Waals surface area contributed by atoms with Crippen LogP contribution in [0.4, 0.5) is 5.69 Å². The second kappa shape index (κ2) is 7.99. The minimum absolute atomic E-state index is 0.403. The van der Waals surface area contributed by atoms with E-state index in [1.165, 1.54) is 19.3 Å². The predicted octanol–water partition coefficient (Wildman–Crippen LogP) is 4.81. The van der Waals surface area contributed by atoms with Gasteiger partial charge in [0.15, 0.2) is 5.11 Å². The van der Waals surface area contributed by atoms with Crippen molar-refractivity contribution in [2.45, 2.75) is 56.8 Å². The van der Waals surface area contributed by atoms with Crippen LogP contribution in [0.15, 0.2) is 47.1 Å². The molecule has 2 atom stereocenters. The molecule has 0 aliphatic carbocycles. The highest BCUT2D eigenvalue weighted by Crippen LogP contribution is 2.35. The molecule has 2 aromatic rings. The second-order valence-corrected chi connectivity index (χ2v) is 8.05. The Balaban J connectivity index is 1.36. The molecular weight excluding hydrogens is 366 g/mol. The van der Waals surface area contributed by atoms with Gasteiger partial charge in [-0.25, -0.2) is 0 Å². The molecule has 0 unspecified atom stereocenters. The molecule has 2 fully saturated rings. The van der Waals surface area contributed by atoms with Gasteiger partial charge < -0.3 is 15.1 Å². The number of para-hydroxylation sites is 1. The van der Waals surface area contributed by atoms with Crippen LogP contribution >= 0.6 is 23.8 Å². The van der Waals surface area contributed by atoms with Gasteiger partial charge in [0.25, 0.3) is 0 Å². The normalized spacial score (nSPS) is 25.7. The summed E-state index contributed by atoms with van der Waals surface area (Å²) < 4.78 is 5.57. The zero-order chi connectivity index (χ0) is 17.9. The Morgan fingerprint density at radius 2 is 1.92 bits per heavy atom. The molecule has 2 bridgehead atoms. The number of hydrogen-bond acceptors (Lipinski definition) is 3. The van der Waals surface area contributed by atoms with Crippen LogP contribution in [0, 0.1) is 0 Å². The lowest BCUT2D eigenvalue weighted by molar-refractivity contribution is 0.0161. The van der Waals surface area contributed by atoms with Crippen molar-refractivity contribution in [3.05, 3.63) is 53.4 Å². The molecule has 2 aliphatic heterocycles. The molecule has 3 heterocycles. The molecule has 6 heteroatoms. The Hall–Kier alpha value is -1.56. The molecule has 4 nitrogen and oxygen atoms in total. The van der Waals surface area contributed by atoms with E-state index in [4.69, 9.17) is 28.2 Å². The maximum Gasteiger partial charge on any atom is 0.171 e. The smallest absolute Gasteiger partial charge is 0.171 e. The summed E-state index contributed by atoms with van der Waals surface area (Å²) in [6.45, 7) is 0.914. The maximum atomic E-state index is 6.21. The number of nitrogens with zero attached hydrogens (tertiary/aromatic N) is 1. The van der Waals surface area contributed by atoms with E-state index in [0.29, 0.717) is 28.3 Å². The number of benzene rings is 1. The van der Waals surface area contributed by atoms with E-state index in [0.717, 1.165) is 30.8 Å². The number of nitrogens with one attached hydrogen (secondary N) is 2. The standard InChI is InChI=1S/C20H24ClN3OS/c21-18-8-1-2-9-19(18)23-20(26)22-14-11-15-5-3-6-16(12-14)24(15)13-17-7-4-10-25-17/h1-2,4,7-10,14-16H,3,5-6,11-13H2,(H2,22,23,26)/t15-,16-/m0/s1. The summed E-state index contributed by atoms with van der Waals surface area (Å²) >= 11 is 11.7. The minimum Gasteiger partial charge on any atom is -0.468 e.